The van der Waals surface area contributed by atoms with Gasteiger partial charge in [0.25, 0.3) is 0 Å². The maximum atomic E-state index is 4.74. The predicted octanol–water partition coefficient (Wildman–Crippen LogP) is 12.8. The van der Waals surface area contributed by atoms with E-state index in [2.05, 4.69) is 78.1 Å². The molecule has 5 nitrogen and oxygen atoms in total. The second-order valence-electron chi connectivity index (χ2n) is 27.0. The summed E-state index contributed by atoms with van der Waals surface area (Å²) in [6.45, 7) is 11.3. The summed E-state index contributed by atoms with van der Waals surface area (Å²) in [6.07, 6.45) is 42.6. The monoisotopic (exact) mass is 946 g/mol. The van der Waals surface area contributed by atoms with Gasteiger partial charge < -0.3 is 16.0 Å². The fraction of sp³-hybridized carbons (Fsp3) is 1.00. The molecule has 8 aliphatic carbocycles. The van der Waals surface area contributed by atoms with Gasteiger partial charge >= 0.3 is 0 Å². The topological polar surface area (TPSA) is 42.6 Å². The van der Waals surface area contributed by atoms with Gasteiger partial charge in [-0.1, -0.05) is 118 Å². The van der Waals surface area contributed by atoms with Crippen molar-refractivity contribution < 1.29 is 0 Å². The summed E-state index contributed by atoms with van der Waals surface area (Å²) in [5.41, 5.74) is 0.913. The quantitative estimate of drug-likeness (QED) is 0.252. The zero-order valence-corrected chi connectivity index (χ0v) is 44.3. The lowest BCUT2D eigenvalue weighted by atomic mass is 9.52. The molecular weight excluding hydrogens is 851 g/mol. The highest BCUT2D eigenvalue weighted by Crippen LogP contribution is 2.64. The number of nitrogens with one attached hydrogen (secondary N) is 3. The Labute approximate surface area is 411 Å². The minimum Gasteiger partial charge on any atom is -0.301 e. The maximum absolute atomic E-state index is 4.74. The van der Waals surface area contributed by atoms with E-state index in [0.29, 0.717) is 45.0 Å². The van der Waals surface area contributed by atoms with Crippen LogP contribution < -0.4 is 16.0 Å². The summed E-state index contributed by atoms with van der Waals surface area (Å²) in [7, 11) is 0. The van der Waals surface area contributed by atoms with E-state index in [-0.39, 0.29) is 0 Å². The Morgan fingerprint density at radius 2 is 0.677 bits per heavy atom. The Morgan fingerprint density at radius 1 is 0.354 bits per heavy atom. The molecule has 366 valence electrons. The standard InChI is InChI=1S/C57H95N5S3/c1-56(2)36-19-5-12-26-43(36)61(44-27-13-6-20-37(44)56)51-35(54-59-41-24-10-17-31-48(41)64-54)33-34(53-58-40-23-9-16-30-47(40)63-53)50(55-60-42-25-11-18-32-49(42)65-55)52(51)62-45-28-14-7-21-38(45)57(3,4)39-22-8-15-29-46(39)62/h34-55,58-60H,5-33H2,1-4H3. The molecule has 5 aliphatic heterocycles. The zero-order chi connectivity index (χ0) is 43.6. The van der Waals surface area contributed by atoms with Crippen molar-refractivity contribution >= 4 is 35.3 Å². The summed E-state index contributed by atoms with van der Waals surface area (Å²) in [5, 5.41) is 18.4. The molecule has 13 rings (SSSR count). The minimum absolute atomic E-state index is 0.454. The first-order valence-corrected chi connectivity index (χ1v) is 32.4. The highest BCUT2D eigenvalue weighted by atomic mass is 32.2. The lowest BCUT2D eigenvalue weighted by Gasteiger charge is -2.70. The van der Waals surface area contributed by atoms with E-state index in [1.165, 1.54) is 186 Å². The summed E-state index contributed by atoms with van der Waals surface area (Å²) in [5.74, 6) is 5.60. The Bertz CT molecular complexity index is 1580. The molecule has 0 aromatic heterocycles. The Hall–Kier alpha value is 0.850. The third-order valence-electron chi connectivity index (χ3n) is 23.5. The van der Waals surface area contributed by atoms with E-state index in [4.69, 9.17) is 10.6 Å². The molecule has 0 aromatic rings. The van der Waals surface area contributed by atoms with E-state index in [1.54, 1.807) is 0 Å². The van der Waals surface area contributed by atoms with Crippen LogP contribution in [0, 0.1) is 52.3 Å². The first-order valence-electron chi connectivity index (χ1n) is 29.5. The molecule has 65 heavy (non-hydrogen) atoms. The van der Waals surface area contributed by atoms with Crippen LogP contribution in [0.1, 0.15) is 214 Å². The number of piperidine rings is 2. The average molecular weight is 947 g/mol. The van der Waals surface area contributed by atoms with Gasteiger partial charge in [-0.15, -0.1) is 35.3 Å². The Kier molecular flexibility index (Phi) is 12.9. The SMILES string of the molecule is CC1(C)C2CCCCC2N(C2C(C3NC4CCCCC4S3)CC(C3NC4CCCCC4S3)C(C3NC4CCCCC4S3)C2N2C3CCCCC3C(C)(C)C3CCCCC32)C2CCCCC21. The number of hydrogen-bond acceptors (Lipinski definition) is 8. The molecule has 13 fully saturated rings. The van der Waals surface area contributed by atoms with Crippen molar-refractivity contribution in [3.63, 3.8) is 0 Å². The first-order chi connectivity index (χ1) is 31.8. The molecule has 22 unspecified atom stereocenters. The summed E-state index contributed by atoms with van der Waals surface area (Å²) < 4.78 is 0. The van der Waals surface area contributed by atoms with Crippen LogP contribution in [0.4, 0.5) is 0 Å². The molecule has 8 heteroatoms. The fourth-order valence-electron chi connectivity index (χ4n) is 20.7. The van der Waals surface area contributed by atoms with Gasteiger partial charge in [0.1, 0.15) is 0 Å². The van der Waals surface area contributed by atoms with Crippen LogP contribution in [0.5, 0.6) is 0 Å². The molecule has 5 heterocycles. The third-order valence-corrected chi connectivity index (χ3v) is 28.6. The molecule has 0 aromatic carbocycles. The van der Waals surface area contributed by atoms with Crippen molar-refractivity contribution in [3.05, 3.63) is 0 Å². The minimum atomic E-state index is 0.454. The van der Waals surface area contributed by atoms with Crippen LogP contribution in [0.3, 0.4) is 0 Å². The van der Waals surface area contributed by atoms with Gasteiger partial charge in [0.05, 0.1) is 16.1 Å². The van der Waals surface area contributed by atoms with Crippen LogP contribution in [0.15, 0.2) is 0 Å². The Morgan fingerprint density at radius 3 is 1.09 bits per heavy atom. The average Bonchev–Trinajstić information content (AvgIpc) is 4.09. The highest BCUT2D eigenvalue weighted by molar-refractivity contribution is 8.01. The van der Waals surface area contributed by atoms with Gasteiger partial charge in [0.2, 0.25) is 0 Å². The molecule has 22 atom stereocenters. The molecule has 0 bridgehead atoms. The predicted molar refractivity (Wildman–Crippen MR) is 279 cm³/mol. The smallest absolute Gasteiger partial charge is 0.0585 e. The fourth-order valence-corrected chi connectivity index (χ4v) is 26.3. The largest absolute Gasteiger partial charge is 0.301 e. The number of nitrogens with zero attached hydrogens (tertiary/aromatic N) is 2. The summed E-state index contributed by atoms with van der Waals surface area (Å²) in [6, 6.07) is 6.64. The molecule has 0 spiro atoms. The van der Waals surface area contributed by atoms with Gasteiger partial charge in [0, 0.05) is 82.0 Å². The first kappa shape index (κ1) is 45.7. The lowest BCUT2D eigenvalue weighted by Crippen LogP contribution is -2.78. The van der Waals surface area contributed by atoms with Crippen molar-refractivity contribution in [2.75, 3.05) is 0 Å². The van der Waals surface area contributed by atoms with Gasteiger partial charge in [-0.05, 0) is 137 Å². The Balaban J connectivity index is 1.03. The van der Waals surface area contributed by atoms with E-state index in [0.717, 1.165) is 93.6 Å². The molecule has 13 aliphatic rings. The summed E-state index contributed by atoms with van der Waals surface area (Å²) in [4.78, 5) is 7.30. The van der Waals surface area contributed by atoms with Crippen molar-refractivity contribution in [2.45, 2.75) is 300 Å². The van der Waals surface area contributed by atoms with Crippen LogP contribution in [-0.2, 0) is 0 Å². The lowest BCUT2D eigenvalue weighted by molar-refractivity contribution is -0.207. The number of hydrogen-bond donors (Lipinski definition) is 3. The zero-order valence-electron chi connectivity index (χ0n) is 41.8. The van der Waals surface area contributed by atoms with Gasteiger partial charge in [-0.3, -0.25) is 9.80 Å². The van der Waals surface area contributed by atoms with Crippen LogP contribution in [0.2, 0.25) is 0 Å². The van der Waals surface area contributed by atoms with E-state index in [1.807, 2.05) is 0 Å². The maximum Gasteiger partial charge on any atom is 0.0585 e. The number of rotatable bonds is 5. The van der Waals surface area contributed by atoms with Crippen molar-refractivity contribution in [1.82, 2.24) is 25.8 Å². The van der Waals surface area contributed by atoms with E-state index in [9.17, 15) is 0 Å². The highest BCUT2D eigenvalue weighted by Gasteiger charge is 2.67. The molecule has 0 amide bonds. The van der Waals surface area contributed by atoms with Crippen LogP contribution >= 0.6 is 35.3 Å². The molecule has 8 saturated carbocycles. The van der Waals surface area contributed by atoms with Crippen molar-refractivity contribution in [3.8, 4) is 0 Å². The van der Waals surface area contributed by atoms with E-state index >= 15 is 0 Å². The van der Waals surface area contributed by atoms with Crippen molar-refractivity contribution in [1.29, 1.82) is 0 Å². The second-order valence-corrected chi connectivity index (χ2v) is 31.1. The second kappa shape index (κ2) is 18.4. The van der Waals surface area contributed by atoms with Gasteiger partial charge in [-0.25, -0.2) is 0 Å². The number of thioether (sulfide) groups is 3. The van der Waals surface area contributed by atoms with Crippen molar-refractivity contribution in [2.24, 2.45) is 52.3 Å². The molecule has 5 saturated heterocycles. The third kappa shape index (κ3) is 7.75. The van der Waals surface area contributed by atoms with E-state index < -0.39 is 0 Å². The normalized spacial score (nSPS) is 54.3. The van der Waals surface area contributed by atoms with Crippen LogP contribution in [-0.4, -0.2) is 96.0 Å². The summed E-state index contributed by atoms with van der Waals surface area (Å²) >= 11 is 7.59. The molecular formula is C57H95N5S3. The number of likely N-dealkylation sites (tertiary alicyclic amines) is 2. The molecule has 0 radical (unpaired) electrons. The molecule has 3 N–H and O–H groups in total. The van der Waals surface area contributed by atoms with Gasteiger partial charge in [-0.2, -0.15) is 0 Å². The van der Waals surface area contributed by atoms with Gasteiger partial charge in [0.15, 0.2) is 0 Å². The van der Waals surface area contributed by atoms with Crippen LogP contribution in [0.25, 0.3) is 0 Å². The number of fused-ring (bicyclic) bond motifs is 7.